The maximum Gasteiger partial charge on any atom is 0.326 e. The van der Waals surface area contributed by atoms with E-state index in [1.165, 1.54) is 11.3 Å². The van der Waals surface area contributed by atoms with Gasteiger partial charge in [-0.2, -0.15) is 0 Å². The van der Waals surface area contributed by atoms with Crippen molar-refractivity contribution >= 4 is 23.1 Å². The summed E-state index contributed by atoms with van der Waals surface area (Å²) in [6.07, 6.45) is 1.14. The van der Waals surface area contributed by atoms with Crippen molar-refractivity contribution in [2.45, 2.75) is 39.7 Å². The van der Waals surface area contributed by atoms with Gasteiger partial charge in [-0.3, -0.25) is 4.79 Å². The molecule has 0 radical (unpaired) electrons. The first-order chi connectivity index (χ1) is 20.3. The molecule has 6 nitrogen and oxygen atoms in total. The van der Waals surface area contributed by atoms with E-state index in [2.05, 4.69) is 55.3 Å². The van der Waals surface area contributed by atoms with Gasteiger partial charge in [0.05, 0.1) is 6.61 Å². The number of carbonyl (C=O) groups is 2. The number of benzene rings is 4. The Morgan fingerprint density at radius 2 is 1.60 bits per heavy atom. The van der Waals surface area contributed by atoms with Crippen molar-refractivity contribution in [3.8, 4) is 5.75 Å². The normalized spacial score (nSPS) is 11.6. The molecule has 218 valence electrons. The minimum Gasteiger partial charge on any atom is -0.494 e. The van der Waals surface area contributed by atoms with Crippen LogP contribution in [0.5, 0.6) is 5.75 Å². The summed E-state index contributed by atoms with van der Waals surface area (Å²) in [4.78, 5) is 27.7. The minimum absolute atomic E-state index is 0.157. The van der Waals surface area contributed by atoms with Crippen LogP contribution in [0.25, 0.3) is 0 Å². The number of aliphatic carboxylic acids is 1. The highest BCUT2D eigenvalue weighted by Gasteiger charge is 2.21. The van der Waals surface area contributed by atoms with Gasteiger partial charge in [0.15, 0.2) is 5.78 Å². The number of carboxylic acids is 1. The van der Waals surface area contributed by atoms with Crippen LogP contribution in [0.2, 0.25) is 0 Å². The molecule has 0 heterocycles. The third kappa shape index (κ3) is 8.71. The fourth-order valence-corrected chi connectivity index (χ4v) is 4.93. The number of aryl methyl sites for hydroxylation is 1. The van der Waals surface area contributed by atoms with Crippen molar-refractivity contribution in [2.75, 3.05) is 29.9 Å². The molecule has 4 aromatic carbocycles. The Kier molecular flexibility index (Phi) is 10.8. The summed E-state index contributed by atoms with van der Waals surface area (Å²) in [6.45, 7) is 9.06. The van der Waals surface area contributed by atoms with Crippen LogP contribution in [0, 0.1) is 12.8 Å². The third-order valence-electron chi connectivity index (χ3n) is 6.99. The summed E-state index contributed by atoms with van der Waals surface area (Å²) >= 11 is 0. The Bertz CT molecular complexity index is 1450. The second kappa shape index (κ2) is 14.9. The van der Waals surface area contributed by atoms with Gasteiger partial charge in [0.1, 0.15) is 11.8 Å². The molecule has 4 aromatic rings. The lowest BCUT2D eigenvalue weighted by Gasteiger charge is -2.27. The number of para-hydroxylation sites is 1. The summed E-state index contributed by atoms with van der Waals surface area (Å²) in [5.41, 5.74) is 4.84. The molecule has 0 fully saturated rings. The number of carbonyl (C=O) groups excluding carboxylic acids is 1. The Labute approximate surface area is 249 Å². The van der Waals surface area contributed by atoms with Crippen LogP contribution in [0.3, 0.4) is 0 Å². The number of carboxylic acid groups (broad SMARTS) is 1. The fraction of sp³-hybridized carbons (Fsp3) is 0.278. The molecule has 0 aliphatic rings. The standard InChI is InChI=1S/C36H40N2O4/c1-26(2)25-38(30-14-9-11-27(3)23-30)21-10-22-42-31-19-17-28(18-20-31)24-34(36(40)41)37-33-16-8-7-15-32(33)35(39)29-12-5-4-6-13-29/h4-9,11-20,23,26,34,37H,10,21-22,24-25H2,1-3H3,(H,40,41). The zero-order valence-corrected chi connectivity index (χ0v) is 24.6. The summed E-state index contributed by atoms with van der Waals surface area (Å²) in [5, 5.41) is 13.0. The second-order valence-corrected chi connectivity index (χ2v) is 11.0. The van der Waals surface area contributed by atoms with Crippen LogP contribution >= 0.6 is 0 Å². The number of ether oxygens (including phenoxy) is 1. The predicted molar refractivity (Wildman–Crippen MR) is 170 cm³/mol. The quantitative estimate of drug-likeness (QED) is 0.117. The van der Waals surface area contributed by atoms with E-state index in [4.69, 9.17) is 4.74 Å². The Balaban J connectivity index is 1.33. The SMILES string of the molecule is Cc1cccc(N(CCCOc2ccc(CC(Nc3ccccc3C(=O)c3ccccc3)C(=O)O)cc2)CC(C)C)c1. The number of nitrogens with one attached hydrogen (secondary N) is 1. The van der Waals surface area contributed by atoms with Crippen molar-refractivity contribution in [1.29, 1.82) is 0 Å². The summed E-state index contributed by atoms with van der Waals surface area (Å²) < 4.78 is 6.01. The molecule has 6 heteroatoms. The van der Waals surface area contributed by atoms with Gasteiger partial charge in [-0.25, -0.2) is 4.79 Å². The summed E-state index contributed by atoms with van der Waals surface area (Å²) in [6, 6.07) is 31.2. The van der Waals surface area contributed by atoms with Gasteiger partial charge in [-0.15, -0.1) is 0 Å². The van der Waals surface area contributed by atoms with Crippen LogP contribution in [-0.4, -0.2) is 42.6 Å². The van der Waals surface area contributed by atoms with E-state index in [0.717, 1.165) is 30.8 Å². The minimum atomic E-state index is -0.989. The van der Waals surface area contributed by atoms with Crippen LogP contribution in [0.15, 0.2) is 103 Å². The van der Waals surface area contributed by atoms with Gasteiger partial charge in [0.25, 0.3) is 0 Å². The van der Waals surface area contributed by atoms with E-state index < -0.39 is 12.0 Å². The van der Waals surface area contributed by atoms with Crippen molar-refractivity contribution in [3.05, 3.63) is 125 Å². The van der Waals surface area contributed by atoms with Crippen molar-refractivity contribution in [3.63, 3.8) is 0 Å². The monoisotopic (exact) mass is 564 g/mol. The highest BCUT2D eigenvalue weighted by molar-refractivity contribution is 6.12. The molecule has 4 rings (SSSR count). The first-order valence-electron chi connectivity index (χ1n) is 14.5. The number of ketones is 1. The highest BCUT2D eigenvalue weighted by Crippen LogP contribution is 2.22. The molecular formula is C36H40N2O4. The molecule has 1 unspecified atom stereocenters. The Hall–Kier alpha value is -4.58. The maximum absolute atomic E-state index is 13.1. The molecule has 0 amide bonds. The largest absolute Gasteiger partial charge is 0.494 e. The van der Waals surface area contributed by atoms with Crippen molar-refractivity contribution in [2.24, 2.45) is 5.92 Å². The van der Waals surface area contributed by atoms with Gasteiger partial charge in [0, 0.05) is 42.0 Å². The summed E-state index contributed by atoms with van der Waals surface area (Å²) in [7, 11) is 0. The van der Waals surface area contributed by atoms with Crippen LogP contribution in [0.1, 0.15) is 47.3 Å². The van der Waals surface area contributed by atoms with Crippen LogP contribution in [0.4, 0.5) is 11.4 Å². The molecule has 0 saturated carbocycles. The van der Waals surface area contributed by atoms with Gasteiger partial charge in [0.2, 0.25) is 0 Å². The lowest BCUT2D eigenvalue weighted by Crippen LogP contribution is -2.32. The fourth-order valence-electron chi connectivity index (χ4n) is 4.93. The smallest absolute Gasteiger partial charge is 0.326 e. The molecule has 0 saturated heterocycles. The molecule has 0 aromatic heterocycles. The molecule has 2 N–H and O–H groups in total. The molecule has 0 aliphatic heterocycles. The van der Waals surface area contributed by atoms with Crippen molar-refractivity contribution < 1.29 is 19.4 Å². The van der Waals surface area contributed by atoms with Gasteiger partial charge >= 0.3 is 5.97 Å². The Morgan fingerprint density at radius 3 is 2.29 bits per heavy atom. The second-order valence-electron chi connectivity index (χ2n) is 11.0. The highest BCUT2D eigenvalue weighted by atomic mass is 16.5. The molecule has 0 bridgehead atoms. The molecule has 42 heavy (non-hydrogen) atoms. The number of rotatable bonds is 15. The van der Waals surface area contributed by atoms with Gasteiger partial charge in [-0.05, 0) is 66.8 Å². The topological polar surface area (TPSA) is 78.9 Å². The molecule has 0 aliphatic carbocycles. The maximum atomic E-state index is 13.1. The van der Waals surface area contributed by atoms with E-state index in [1.807, 2.05) is 42.5 Å². The predicted octanol–water partition coefficient (Wildman–Crippen LogP) is 7.27. The van der Waals surface area contributed by atoms with E-state index in [9.17, 15) is 14.7 Å². The summed E-state index contributed by atoms with van der Waals surface area (Å²) in [5.74, 6) is 0.164. The Morgan fingerprint density at radius 1 is 0.881 bits per heavy atom. The number of hydrogen-bond donors (Lipinski definition) is 2. The first kappa shape index (κ1) is 30.4. The molecule has 1 atom stereocenters. The van der Waals surface area contributed by atoms with E-state index in [-0.39, 0.29) is 12.2 Å². The molecular weight excluding hydrogens is 524 g/mol. The van der Waals surface area contributed by atoms with Crippen LogP contribution in [-0.2, 0) is 11.2 Å². The average molecular weight is 565 g/mol. The lowest BCUT2D eigenvalue weighted by atomic mass is 10.00. The zero-order valence-electron chi connectivity index (χ0n) is 24.6. The lowest BCUT2D eigenvalue weighted by molar-refractivity contribution is -0.137. The number of anilines is 2. The first-order valence-corrected chi connectivity index (χ1v) is 14.5. The third-order valence-corrected chi connectivity index (χ3v) is 6.99. The molecule has 0 spiro atoms. The average Bonchev–Trinajstić information content (AvgIpc) is 2.99. The number of hydrogen-bond acceptors (Lipinski definition) is 5. The number of nitrogens with zero attached hydrogens (tertiary/aromatic N) is 1. The van der Waals surface area contributed by atoms with E-state index >= 15 is 0 Å². The van der Waals surface area contributed by atoms with Crippen LogP contribution < -0.4 is 15.0 Å². The van der Waals surface area contributed by atoms with E-state index in [0.29, 0.717) is 29.3 Å². The van der Waals surface area contributed by atoms with Gasteiger partial charge < -0.3 is 20.1 Å². The zero-order chi connectivity index (χ0) is 29.9. The van der Waals surface area contributed by atoms with E-state index in [1.54, 1.807) is 36.4 Å². The van der Waals surface area contributed by atoms with Crippen molar-refractivity contribution in [1.82, 2.24) is 0 Å². The van der Waals surface area contributed by atoms with Gasteiger partial charge in [-0.1, -0.05) is 80.6 Å².